The topological polar surface area (TPSA) is 41.6 Å². The van der Waals surface area contributed by atoms with Crippen molar-refractivity contribution in [2.75, 3.05) is 26.7 Å². The number of ether oxygens (including phenoxy) is 1. The third-order valence-corrected chi connectivity index (χ3v) is 3.66. The first-order chi connectivity index (χ1) is 8.10. The maximum absolute atomic E-state index is 11.4. The second kappa shape index (κ2) is 6.97. The summed E-state index contributed by atoms with van der Waals surface area (Å²) in [6.07, 6.45) is 2.70. The molecule has 0 aromatic heterocycles. The number of likely N-dealkylation sites (N-methyl/N-ethyl adjacent to an activating group) is 1. The van der Waals surface area contributed by atoms with Crippen LogP contribution in [0.15, 0.2) is 0 Å². The summed E-state index contributed by atoms with van der Waals surface area (Å²) in [5.74, 6) is -0.226. The van der Waals surface area contributed by atoms with Crippen molar-refractivity contribution in [3.8, 4) is 0 Å². The molecule has 0 spiro atoms. The van der Waals surface area contributed by atoms with Gasteiger partial charge in [0.15, 0.2) is 0 Å². The fourth-order valence-corrected chi connectivity index (χ4v) is 2.04. The van der Waals surface area contributed by atoms with Crippen molar-refractivity contribution >= 4 is 5.97 Å². The Kier molecular flexibility index (Phi) is 5.92. The van der Waals surface area contributed by atoms with Crippen molar-refractivity contribution in [2.45, 2.75) is 45.7 Å². The van der Waals surface area contributed by atoms with E-state index >= 15 is 0 Å². The van der Waals surface area contributed by atoms with E-state index in [1.807, 2.05) is 13.8 Å². The smallest absolute Gasteiger partial charge is 0.309 e. The molecule has 17 heavy (non-hydrogen) atoms. The van der Waals surface area contributed by atoms with Gasteiger partial charge in [0.25, 0.3) is 0 Å². The first-order valence-corrected chi connectivity index (χ1v) is 6.65. The average molecular weight is 242 g/mol. The van der Waals surface area contributed by atoms with Gasteiger partial charge in [-0.2, -0.15) is 0 Å². The minimum atomic E-state index is -0.139. The third kappa shape index (κ3) is 4.64. The largest absolute Gasteiger partial charge is 0.469 e. The highest BCUT2D eigenvalue weighted by Gasteiger charge is 2.27. The van der Waals surface area contributed by atoms with Crippen LogP contribution in [0.2, 0.25) is 0 Å². The molecule has 1 N–H and O–H groups in total. The number of esters is 1. The number of methoxy groups -OCH3 is 1. The van der Waals surface area contributed by atoms with E-state index in [0.29, 0.717) is 0 Å². The first kappa shape index (κ1) is 14.5. The zero-order chi connectivity index (χ0) is 12.8. The van der Waals surface area contributed by atoms with Crippen molar-refractivity contribution < 1.29 is 9.53 Å². The molecule has 0 heterocycles. The van der Waals surface area contributed by atoms with E-state index in [0.717, 1.165) is 25.7 Å². The molecule has 0 aromatic carbocycles. The quantitative estimate of drug-likeness (QED) is 0.651. The van der Waals surface area contributed by atoms with Crippen molar-refractivity contribution in [1.82, 2.24) is 10.2 Å². The molecule has 100 valence electrons. The summed E-state index contributed by atoms with van der Waals surface area (Å²) in [7, 11) is 1.44. The van der Waals surface area contributed by atoms with Crippen LogP contribution >= 0.6 is 0 Å². The number of nitrogens with zero attached hydrogens (tertiary/aromatic N) is 1. The van der Waals surface area contributed by atoms with E-state index in [-0.39, 0.29) is 17.9 Å². The average Bonchev–Trinajstić information content (AvgIpc) is 3.16. The fraction of sp³-hybridized carbons (Fsp3) is 0.923. The minimum Gasteiger partial charge on any atom is -0.469 e. The van der Waals surface area contributed by atoms with Crippen LogP contribution in [0.1, 0.15) is 33.6 Å². The second-order valence-electron chi connectivity index (χ2n) is 4.91. The Morgan fingerprint density at radius 2 is 2.12 bits per heavy atom. The van der Waals surface area contributed by atoms with Crippen molar-refractivity contribution in [3.63, 3.8) is 0 Å². The van der Waals surface area contributed by atoms with Gasteiger partial charge in [0.05, 0.1) is 13.0 Å². The molecule has 1 aliphatic rings. The summed E-state index contributed by atoms with van der Waals surface area (Å²) in [6.45, 7) is 9.27. The normalized spacial score (nSPS) is 19.1. The number of hydrogen-bond donors (Lipinski definition) is 1. The summed E-state index contributed by atoms with van der Waals surface area (Å²) in [5, 5.41) is 3.40. The molecule has 4 nitrogen and oxygen atoms in total. The van der Waals surface area contributed by atoms with Crippen LogP contribution in [0.4, 0.5) is 0 Å². The van der Waals surface area contributed by atoms with E-state index in [9.17, 15) is 4.79 Å². The summed E-state index contributed by atoms with van der Waals surface area (Å²) >= 11 is 0. The van der Waals surface area contributed by atoms with Gasteiger partial charge in [-0.25, -0.2) is 0 Å². The Balaban J connectivity index is 2.18. The van der Waals surface area contributed by atoms with Crippen LogP contribution in [0.25, 0.3) is 0 Å². The van der Waals surface area contributed by atoms with E-state index < -0.39 is 0 Å². The van der Waals surface area contributed by atoms with Crippen molar-refractivity contribution in [3.05, 3.63) is 0 Å². The number of rotatable bonds is 8. The van der Waals surface area contributed by atoms with Crippen LogP contribution in [0, 0.1) is 5.92 Å². The summed E-state index contributed by atoms with van der Waals surface area (Å²) in [6, 6.07) is 0.982. The van der Waals surface area contributed by atoms with Gasteiger partial charge in [-0.3, -0.25) is 9.69 Å². The molecule has 2 atom stereocenters. The lowest BCUT2D eigenvalue weighted by Crippen LogP contribution is -2.41. The monoisotopic (exact) mass is 242 g/mol. The maximum atomic E-state index is 11.4. The van der Waals surface area contributed by atoms with Crippen LogP contribution in [0.3, 0.4) is 0 Å². The molecule has 4 heteroatoms. The Morgan fingerprint density at radius 3 is 2.59 bits per heavy atom. The van der Waals surface area contributed by atoms with E-state index in [1.54, 1.807) is 0 Å². The molecular formula is C13H26N2O2. The maximum Gasteiger partial charge on any atom is 0.309 e. The van der Waals surface area contributed by atoms with Gasteiger partial charge >= 0.3 is 5.97 Å². The summed E-state index contributed by atoms with van der Waals surface area (Å²) < 4.78 is 4.74. The Labute approximate surface area is 105 Å². The van der Waals surface area contributed by atoms with E-state index in [1.165, 1.54) is 20.0 Å². The molecule has 0 saturated heterocycles. The molecule has 1 aliphatic carbocycles. The van der Waals surface area contributed by atoms with E-state index in [2.05, 4.69) is 17.1 Å². The SMILES string of the molecule is CCN(CCNC(C)C(C)C(=O)OC)C1CC1. The van der Waals surface area contributed by atoms with Crippen LogP contribution in [0.5, 0.6) is 0 Å². The van der Waals surface area contributed by atoms with Crippen LogP contribution in [-0.2, 0) is 9.53 Å². The number of carbonyl (C=O) groups excluding carboxylic acids is 1. The number of carbonyl (C=O) groups is 1. The molecule has 1 fully saturated rings. The molecular weight excluding hydrogens is 216 g/mol. The van der Waals surface area contributed by atoms with Crippen LogP contribution < -0.4 is 5.32 Å². The van der Waals surface area contributed by atoms with Crippen molar-refractivity contribution in [2.24, 2.45) is 5.92 Å². The number of hydrogen-bond acceptors (Lipinski definition) is 4. The molecule has 0 aromatic rings. The van der Waals surface area contributed by atoms with E-state index in [4.69, 9.17) is 4.74 Å². The lowest BCUT2D eigenvalue weighted by molar-refractivity contribution is -0.145. The zero-order valence-electron chi connectivity index (χ0n) is 11.5. The highest BCUT2D eigenvalue weighted by molar-refractivity contribution is 5.72. The second-order valence-corrected chi connectivity index (χ2v) is 4.91. The lowest BCUT2D eigenvalue weighted by Gasteiger charge is -2.23. The van der Waals surface area contributed by atoms with Gasteiger partial charge < -0.3 is 10.1 Å². The summed E-state index contributed by atoms with van der Waals surface area (Å²) in [5.41, 5.74) is 0. The standard InChI is InChI=1S/C13H26N2O2/c1-5-15(12-6-7-12)9-8-14-11(3)10(2)13(16)17-4/h10-12,14H,5-9H2,1-4H3. The molecule has 0 aliphatic heterocycles. The molecule has 0 amide bonds. The van der Waals surface area contributed by atoms with Gasteiger partial charge in [-0.05, 0) is 26.3 Å². The minimum absolute atomic E-state index is 0.0870. The third-order valence-electron chi connectivity index (χ3n) is 3.66. The molecule has 0 bridgehead atoms. The highest BCUT2D eigenvalue weighted by Crippen LogP contribution is 2.25. The molecule has 1 saturated carbocycles. The predicted molar refractivity (Wildman–Crippen MR) is 68.9 cm³/mol. The lowest BCUT2D eigenvalue weighted by atomic mass is 10.0. The zero-order valence-corrected chi connectivity index (χ0v) is 11.5. The fourth-order valence-electron chi connectivity index (χ4n) is 2.04. The molecule has 0 radical (unpaired) electrons. The van der Waals surface area contributed by atoms with Gasteiger partial charge in [-0.1, -0.05) is 13.8 Å². The Hall–Kier alpha value is -0.610. The van der Waals surface area contributed by atoms with Gasteiger partial charge in [0.1, 0.15) is 0 Å². The van der Waals surface area contributed by atoms with Gasteiger partial charge in [-0.15, -0.1) is 0 Å². The highest BCUT2D eigenvalue weighted by atomic mass is 16.5. The Morgan fingerprint density at radius 1 is 1.47 bits per heavy atom. The molecule has 2 unspecified atom stereocenters. The van der Waals surface area contributed by atoms with Crippen LogP contribution in [-0.4, -0.2) is 49.7 Å². The van der Waals surface area contributed by atoms with Gasteiger partial charge in [0, 0.05) is 25.2 Å². The summed E-state index contributed by atoms with van der Waals surface area (Å²) in [4.78, 5) is 13.9. The van der Waals surface area contributed by atoms with Gasteiger partial charge in [0.2, 0.25) is 0 Å². The predicted octanol–water partition coefficient (Wildman–Crippen LogP) is 1.26. The first-order valence-electron chi connectivity index (χ1n) is 6.65. The number of nitrogens with one attached hydrogen (secondary N) is 1. The Bertz CT molecular complexity index is 242. The molecule has 1 rings (SSSR count). The van der Waals surface area contributed by atoms with Crippen molar-refractivity contribution in [1.29, 1.82) is 0 Å².